The molecule has 0 aromatic heterocycles. The summed E-state index contributed by atoms with van der Waals surface area (Å²) in [4.78, 5) is 0. The second-order valence-electron chi connectivity index (χ2n) is 5.07. The zero-order valence-electron chi connectivity index (χ0n) is 13.5. The fourth-order valence-corrected chi connectivity index (χ4v) is 6.64. The maximum Gasteiger partial charge on any atom is 0.699 e. The second kappa shape index (κ2) is 11.9. The highest BCUT2D eigenvalue weighted by Gasteiger charge is 2.23. The van der Waals surface area contributed by atoms with Crippen molar-refractivity contribution in [3.05, 3.63) is 66.8 Å². The fraction of sp³-hybridized carbons (Fsp3) is 0.250. The van der Waals surface area contributed by atoms with E-state index in [9.17, 15) is 13.0 Å². The first-order valence-corrected chi connectivity index (χ1v) is 13.6. The van der Waals surface area contributed by atoms with Gasteiger partial charge >= 0.3 is 8.25 Å². The minimum absolute atomic E-state index is 0.191. The minimum atomic E-state index is -2.45. The molecule has 2 atom stereocenters. The summed E-state index contributed by atoms with van der Waals surface area (Å²) in [5.74, 6) is 0.258. The van der Waals surface area contributed by atoms with Crippen molar-refractivity contribution in [1.29, 1.82) is 0 Å². The molecule has 0 aliphatic rings. The first-order chi connectivity index (χ1) is 12.5. The Morgan fingerprint density at radius 3 is 1.54 bits per heavy atom. The summed E-state index contributed by atoms with van der Waals surface area (Å²) in [5.41, 5.74) is 1.90. The van der Waals surface area contributed by atoms with Gasteiger partial charge in [-0.25, -0.2) is 0 Å². The van der Waals surface area contributed by atoms with Crippen LogP contribution in [0.3, 0.4) is 0 Å². The third kappa shape index (κ3) is 8.07. The van der Waals surface area contributed by atoms with E-state index in [-0.39, 0.29) is 11.9 Å². The normalized spacial score (nSPS) is 13.3. The van der Waals surface area contributed by atoms with E-state index in [1.54, 1.807) is 0 Å². The van der Waals surface area contributed by atoms with Crippen LogP contribution in [0.25, 0.3) is 0 Å². The smallest absolute Gasteiger partial charge is 0.257 e. The summed E-state index contributed by atoms with van der Waals surface area (Å²) in [6.45, 7) is 0. The Morgan fingerprint density at radius 2 is 1.15 bits per heavy atom. The fourth-order valence-electron chi connectivity index (χ4n) is 1.90. The van der Waals surface area contributed by atoms with Crippen LogP contribution in [0.5, 0.6) is 0 Å². The van der Waals surface area contributed by atoms with Crippen LogP contribution in [-0.4, -0.2) is 20.3 Å². The van der Waals surface area contributed by atoms with Crippen molar-refractivity contribution in [3.8, 4) is 0 Å². The molecular weight excluding hydrogens is 621 g/mol. The lowest BCUT2D eigenvalue weighted by atomic mass is 10.2. The molecule has 0 N–H and O–H groups in total. The van der Waals surface area contributed by atoms with Crippen molar-refractivity contribution in [3.63, 3.8) is 0 Å². The Hall–Kier alpha value is 0.220. The van der Waals surface area contributed by atoms with Gasteiger partial charge in [0.15, 0.2) is 11.9 Å². The van der Waals surface area contributed by atoms with Crippen LogP contribution < -0.4 is 0 Å². The summed E-state index contributed by atoms with van der Waals surface area (Å²) < 4.78 is 47.8. The molecule has 0 saturated heterocycles. The molecule has 0 amide bonds. The van der Waals surface area contributed by atoms with Crippen LogP contribution in [0.4, 0.5) is 0 Å². The molecule has 0 aliphatic carbocycles. The van der Waals surface area contributed by atoms with Gasteiger partial charge in [0.1, 0.15) is 0 Å². The minimum Gasteiger partial charge on any atom is -0.257 e. The highest BCUT2D eigenvalue weighted by atomic mass is 127. The Bertz CT molecular complexity index is 753. The van der Waals surface area contributed by atoms with Crippen LogP contribution in [-0.2, 0) is 46.7 Å². The predicted octanol–water partition coefficient (Wildman–Crippen LogP) is 4.70. The molecule has 0 spiro atoms. The van der Waals surface area contributed by atoms with Crippen LogP contribution in [0, 0.1) is 7.14 Å². The summed E-state index contributed by atoms with van der Waals surface area (Å²) in [6.07, 6.45) is 0. The lowest BCUT2D eigenvalue weighted by Gasteiger charge is -2.02. The molecule has 26 heavy (non-hydrogen) atoms. The van der Waals surface area contributed by atoms with E-state index in [1.165, 1.54) is 0 Å². The first kappa shape index (κ1) is 22.5. The van der Waals surface area contributed by atoms with E-state index in [0.717, 1.165) is 18.3 Å². The summed E-state index contributed by atoms with van der Waals surface area (Å²) in [6, 6.07) is 15.2. The first-order valence-electron chi connectivity index (χ1n) is 7.35. The third-order valence-corrected chi connectivity index (χ3v) is 8.29. The van der Waals surface area contributed by atoms with Crippen molar-refractivity contribution >= 4 is 75.0 Å². The van der Waals surface area contributed by atoms with Crippen molar-refractivity contribution in [1.82, 2.24) is 0 Å². The van der Waals surface area contributed by atoms with Crippen molar-refractivity contribution in [2.24, 2.45) is 0 Å². The molecule has 2 aromatic carbocycles. The van der Waals surface area contributed by atoms with Gasteiger partial charge in [0.25, 0.3) is 0 Å². The molecule has 5 nitrogen and oxygen atoms in total. The second-order valence-corrected chi connectivity index (χ2v) is 11.2. The Labute approximate surface area is 185 Å². The molecule has 140 valence electrons. The lowest BCUT2D eigenvalue weighted by Crippen LogP contribution is -2.05. The van der Waals surface area contributed by atoms with E-state index in [1.807, 2.05) is 48.5 Å². The van der Waals surface area contributed by atoms with Gasteiger partial charge in [-0.05, 0) is 68.4 Å². The van der Waals surface area contributed by atoms with Gasteiger partial charge in [0.05, 0.1) is 33.1 Å². The average molecular weight is 637 g/mol. The molecule has 0 bridgehead atoms. The van der Waals surface area contributed by atoms with Crippen LogP contribution >= 0.6 is 53.4 Å². The highest BCUT2D eigenvalue weighted by Crippen LogP contribution is 2.25. The summed E-state index contributed by atoms with van der Waals surface area (Å²) in [7, 11) is -5.09. The van der Waals surface area contributed by atoms with Crippen molar-refractivity contribution in [2.45, 2.75) is 11.5 Å². The van der Waals surface area contributed by atoms with E-state index in [0.29, 0.717) is 11.5 Å². The predicted molar refractivity (Wildman–Crippen MR) is 122 cm³/mol. The average Bonchev–Trinajstić information content (AvgIpc) is 2.62. The maximum atomic E-state index is 12.0. The van der Waals surface area contributed by atoms with Crippen LogP contribution in [0.15, 0.2) is 48.5 Å². The van der Waals surface area contributed by atoms with Gasteiger partial charge in [-0.15, -0.1) is 9.05 Å². The summed E-state index contributed by atoms with van der Waals surface area (Å²) >= 11 is 4.35. The number of halogens is 2. The molecule has 0 radical (unpaired) electrons. The zero-order valence-corrected chi connectivity index (χ0v) is 20.4. The number of hydrogen-bond donors (Lipinski definition) is 0. The standard InChI is InChI=1S/C16H16I2O5PS2/c17-15-7-3-1-5-13(15)9-25(20)11-22-24(19)23-12-26(21)10-14-6-2-4-8-16(14)18/h1-8H,9-12H2/q+1/t25-,26-/m0/s1. The van der Waals surface area contributed by atoms with Gasteiger partial charge < -0.3 is 0 Å². The maximum absolute atomic E-state index is 12.0. The van der Waals surface area contributed by atoms with Crippen molar-refractivity contribution in [2.75, 3.05) is 11.9 Å². The highest BCUT2D eigenvalue weighted by molar-refractivity contribution is 14.1. The van der Waals surface area contributed by atoms with E-state index < -0.39 is 29.9 Å². The molecule has 0 unspecified atom stereocenters. The van der Waals surface area contributed by atoms with Crippen LogP contribution in [0.1, 0.15) is 11.1 Å². The van der Waals surface area contributed by atoms with Gasteiger partial charge in [-0.2, -0.15) is 0 Å². The molecule has 2 aromatic rings. The largest absolute Gasteiger partial charge is 0.699 e. The van der Waals surface area contributed by atoms with Gasteiger partial charge in [0, 0.05) is 11.7 Å². The molecule has 10 heteroatoms. The van der Waals surface area contributed by atoms with Gasteiger partial charge in [-0.3, -0.25) is 8.42 Å². The van der Waals surface area contributed by atoms with Crippen molar-refractivity contribution < 1.29 is 22.0 Å². The molecule has 0 heterocycles. The number of rotatable bonds is 10. The molecule has 0 fully saturated rings. The number of hydrogen-bond acceptors (Lipinski definition) is 5. The number of benzene rings is 2. The van der Waals surface area contributed by atoms with Crippen LogP contribution in [0.2, 0.25) is 0 Å². The Kier molecular flexibility index (Phi) is 10.3. The lowest BCUT2D eigenvalue weighted by molar-refractivity contribution is 0.280. The molecule has 2 rings (SSSR count). The Morgan fingerprint density at radius 1 is 0.769 bits per heavy atom. The topological polar surface area (TPSA) is 69.7 Å². The van der Waals surface area contributed by atoms with E-state index in [2.05, 4.69) is 45.2 Å². The SMILES string of the molecule is O=[P+](OC[S@@](=O)Cc1ccccc1I)OC[S@@](=O)Cc1ccccc1I. The molecular formula is C16H16I2O5PS2+. The summed E-state index contributed by atoms with van der Waals surface area (Å²) in [5, 5.41) is 0. The van der Waals surface area contributed by atoms with E-state index in [4.69, 9.17) is 9.05 Å². The molecule has 0 aliphatic heterocycles. The quantitative estimate of drug-likeness (QED) is 0.279. The van der Waals surface area contributed by atoms with Gasteiger partial charge in [-0.1, -0.05) is 36.4 Å². The monoisotopic (exact) mass is 637 g/mol. The molecule has 0 saturated carbocycles. The van der Waals surface area contributed by atoms with Gasteiger partial charge in [0.2, 0.25) is 0 Å². The Balaban J connectivity index is 1.70. The van der Waals surface area contributed by atoms with E-state index >= 15 is 0 Å². The zero-order chi connectivity index (χ0) is 18.9. The third-order valence-electron chi connectivity index (χ3n) is 3.13.